The summed E-state index contributed by atoms with van der Waals surface area (Å²) in [7, 11) is 1.68. The first-order chi connectivity index (χ1) is 16.1. The van der Waals surface area contributed by atoms with E-state index in [2.05, 4.69) is 9.97 Å². The number of hydrogen-bond acceptors (Lipinski definition) is 6. The Balaban J connectivity index is 1.36. The molecule has 5 rings (SSSR count). The fraction of sp³-hybridized carbons (Fsp3) is 0.400. The third-order valence-electron chi connectivity index (χ3n) is 6.37. The lowest BCUT2D eigenvalue weighted by atomic mass is 10.1. The Bertz CT molecular complexity index is 1180. The molecule has 2 aliphatic rings. The molecule has 1 aliphatic heterocycles. The molecule has 1 atom stereocenters. The van der Waals surface area contributed by atoms with Crippen molar-refractivity contribution in [2.24, 2.45) is 7.05 Å². The lowest BCUT2D eigenvalue weighted by Crippen LogP contribution is -2.41. The molecule has 0 unspecified atom stereocenters. The molecule has 3 heterocycles. The molecule has 2 aromatic heterocycles. The first kappa shape index (κ1) is 21.6. The molecule has 0 amide bonds. The Hall–Kier alpha value is -3.26. The van der Waals surface area contributed by atoms with E-state index in [0.717, 1.165) is 30.4 Å². The van der Waals surface area contributed by atoms with Gasteiger partial charge in [0.05, 0.1) is 31.1 Å². The van der Waals surface area contributed by atoms with Crippen molar-refractivity contribution in [3.63, 3.8) is 0 Å². The van der Waals surface area contributed by atoms with Crippen LogP contribution in [0.5, 0.6) is 5.75 Å². The number of ether oxygens (including phenoxy) is 2. The van der Waals surface area contributed by atoms with Gasteiger partial charge in [0.25, 0.3) is 5.56 Å². The van der Waals surface area contributed by atoms with E-state index >= 15 is 0 Å². The monoisotopic (exact) mass is 450 g/mol. The highest BCUT2D eigenvalue weighted by atomic mass is 19.1. The highest BCUT2D eigenvalue weighted by Gasteiger charge is 2.26. The molecule has 8 heteroatoms. The molecular formula is C25H27FN4O3. The van der Waals surface area contributed by atoms with Crippen LogP contribution in [0.15, 0.2) is 53.6 Å². The molecule has 1 saturated carbocycles. The summed E-state index contributed by atoms with van der Waals surface area (Å²) in [5.41, 5.74) is 1.35. The highest BCUT2D eigenvalue weighted by molar-refractivity contribution is 5.60. The van der Waals surface area contributed by atoms with Gasteiger partial charge in [-0.2, -0.15) is 0 Å². The van der Waals surface area contributed by atoms with Crippen LogP contribution < -0.4 is 15.2 Å². The minimum absolute atomic E-state index is 0.169. The Labute approximate surface area is 191 Å². The minimum Gasteiger partial charge on any atom is -0.490 e. The SMILES string of the molecule is Cn1c(N2CCO[C@@H](c3ccc(OC4CCCC4)cc3)C2)nc(-c2ccncc2F)cc1=O. The van der Waals surface area contributed by atoms with Gasteiger partial charge in [0.15, 0.2) is 5.82 Å². The lowest BCUT2D eigenvalue weighted by Gasteiger charge is -2.34. The third-order valence-corrected chi connectivity index (χ3v) is 6.37. The Kier molecular flexibility index (Phi) is 6.09. The van der Waals surface area contributed by atoms with Crippen molar-refractivity contribution >= 4 is 5.95 Å². The number of rotatable bonds is 5. The zero-order valence-electron chi connectivity index (χ0n) is 18.6. The minimum atomic E-state index is -0.510. The summed E-state index contributed by atoms with van der Waals surface area (Å²) in [6.07, 6.45) is 7.48. The molecule has 1 saturated heterocycles. The fourth-order valence-corrected chi connectivity index (χ4v) is 4.52. The van der Waals surface area contributed by atoms with Gasteiger partial charge in [-0.3, -0.25) is 14.3 Å². The van der Waals surface area contributed by atoms with E-state index < -0.39 is 5.82 Å². The first-order valence-corrected chi connectivity index (χ1v) is 11.4. The van der Waals surface area contributed by atoms with Crippen LogP contribution in [0.1, 0.15) is 37.4 Å². The average molecular weight is 451 g/mol. The molecule has 7 nitrogen and oxygen atoms in total. The summed E-state index contributed by atoms with van der Waals surface area (Å²) in [5, 5.41) is 0. The van der Waals surface area contributed by atoms with Gasteiger partial charge in [-0.25, -0.2) is 9.37 Å². The summed E-state index contributed by atoms with van der Waals surface area (Å²) < 4.78 is 27.9. The molecule has 3 aromatic rings. The van der Waals surface area contributed by atoms with E-state index in [1.165, 1.54) is 35.7 Å². The van der Waals surface area contributed by atoms with Gasteiger partial charge in [-0.05, 0) is 49.4 Å². The molecule has 0 N–H and O–H groups in total. The van der Waals surface area contributed by atoms with Crippen LogP contribution in [0.3, 0.4) is 0 Å². The summed E-state index contributed by atoms with van der Waals surface area (Å²) in [6, 6.07) is 10.9. The van der Waals surface area contributed by atoms with Crippen molar-refractivity contribution in [1.82, 2.24) is 14.5 Å². The molecule has 1 aromatic carbocycles. The Morgan fingerprint density at radius 2 is 1.94 bits per heavy atom. The third kappa shape index (κ3) is 4.61. The van der Waals surface area contributed by atoms with Crippen LogP contribution in [-0.2, 0) is 11.8 Å². The zero-order chi connectivity index (χ0) is 22.8. The Morgan fingerprint density at radius 1 is 1.15 bits per heavy atom. The van der Waals surface area contributed by atoms with Crippen molar-refractivity contribution in [3.8, 4) is 17.0 Å². The summed E-state index contributed by atoms with van der Waals surface area (Å²) in [5.74, 6) is 0.863. The van der Waals surface area contributed by atoms with Gasteiger partial charge >= 0.3 is 0 Å². The van der Waals surface area contributed by atoms with Crippen LogP contribution in [0, 0.1) is 5.82 Å². The number of anilines is 1. The summed E-state index contributed by atoms with van der Waals surface area (Å²) in [6.45, 7) is 1.61. The van der Waals surface area contributed by atoms with Gasteiger partial charge in [0.2, 0.25) is 5.95 Å². The highest BCUT2D eigenvalue weighted by Crippen LogP contribution is 2.29. The van der Waals surface area contributed by atoms with E-state index in [1.54, 1.807) is 7.05 Å². The molecule has 2 fully saturated rings. The van der Waals surface area contributed by atoms with Crippen LogP contribution >= 0.6 is 0 Å². The first-order valence-electron chi connectivity index (χ1n) is 11.4. The van der Waals surface area contributed by atoms with Gasteiger partial charge < -0.3 is 14.4 Å². The number of morpholine rings is 1. The number of benzene rings is 1. The molecule has 172 valence electrons. The van der Waals surface area contributed by atoms with Crippen LogP contribution in [0.4, 0.5) is 10.3 Å². The number of aromatic nitrogens is 3. The number of nitrogens with zero attached hydrogens (tertiary/aromatic N) is 4. The van der Waals surface area contributed by atoms with Crippen LogP contribution in [-0.4, -0.2) is 40.3 Å². The predicted molar refractivity (Wildman–Crippen MR) is 123 cm³/mol. The van der Waals surface area contributed by atoms with E-state index in [-0.39, 0.29) is 17.2 Å². The maximum Gasteiger partial charge on any atom is 0.255 e. The van der Waals surface area contributed by atoms with Gasteiger partial charge in [0.1, 0.15) is 11.9 Å². The second-order valence-electron chi connectivity index (χ2n) is 8.59. The number of halogens is 1. The van der Waals surface area contributed by atoms with Crippen LogP contribution in [0.25, 0.3) is 11.3 Å². The largest absolute Gasteiger partial charge is 0.490 e. The summed E-state index contributed by atoms with van der Waals surface area (Å²) >= 11 is 0. The van der Waals surface area contributed by atoms with Crippen molar-refractivity contribution in [2.45, 2.75) is 37.9 Å². The van der Waals surface area contributed by atoms with Gasteiger partial charge in [-0.1, -0.05) is 12.1 Å². The van der Waals surface area contributed by atoms with E-state index in [1.807, 2.05) is 29.2 Å². The molecule has 0 radical (unpaired) electrons. The molecule has 0 bridgehead atoms. The van der Waals surface area contributed by atoms with Crippen molar-refractivity contribution < 1.29 is 13.9 Å². The molecule has 33 heavy (non-hydrogen) atoms. The van der Waals surface area contributed by atoms with Crippen molar-refractivity contribution in [1.29, 1.82) is 0 Å². The van der Waals surface area contributed by atoms with Gasteiger partial charge in [-0.15, -0.1) is 0 Å². The maximum absolute atomic E-state index is 14.3. The van der Waals surface area contributed by atoms with E-state index in [9.17, 15) is 9.18 Å². The second kappa shape index (κ2) is 9.31. The van der Waals surface area contributed by atoms with Crippen LogP contribution in [0.2, 0.25) is 0 Å². The van der Waals surface area contributed by atoms with Crippen molar-refractivity contribution in [2.75, 3.05) is 24.6 Å². The molecule has 0 spiro atoms. The molecular weight excluding hydrogens is 423 g/mol. The Morgan fingerprint density at radius 3 is 2.70 bits per heavy atom. The second-order valence-corrected chi connectivity index (χ2v) is 8.59. The standard InChI is InChI=1S/C25H27FN4O3/c1-29-24(31)14-22(20-10-11-27-15-21(20)26)28-25(29)30-12-13-32-23(16-30)17-6-8-19(9-7-17)33-18-4-2-3-5-18/h6-11,14-15,18,23H,2-5,12-13,16H2,1H3/t23-/m1/s1. The lowest BCUT2D eigenvalue weighted by molar-refractivity contribution is 0.0389. The van der Waals surface area contributed by atoms with E-state index in [4.69, 9.17) is 9.47 Å². The maximum atomic E-state index is 14.3. The van der Waals surface area contributed by atoms with Crippen molar-refractivity contribution in [3.05, 3.63) is 70.5 Å². The average Bonchev–Trinajstić information content (AvgIpc) is 3.35. The smallest absolute Gasteiger partial charge is 0.255 e. The quantitative estimate of drug-likeness (QED) is 0.588. The normalized spacial score (nSPS) is 19.1. The van der Waals surface area contributed by atoms with Gasteiger partial charge in [0, 0.05) is 31.4 Å². The summed E-state index contributed by atoms with van der Waals surface area (Å²) in [4.78, 5) is 23.1. The number of pyridine rings is 1. The topological polar surface area (TPSA) is 69.5 Å². The molecule has 1 aliphatic carbocycles. The number of hydrogen-bond donors (Lipinski definition) is 0. The fourth-order valence-electron chi connectivity index (χ4n) is 4.52. The predicted octanol–water partition coefficient (Wildman–Crippen LogP) is 3.88. The van der Waals surface area contributed by atoms with E-state index in [0.29, 0.717) is 37.4 Å². The zero-order valence-corrected chi connectivity index (χ0v) is 18.6.